The number of hydrogen-bond acceptors (Lipinski definition) is 0. The van der Waals surface area contributed by atoms with Crippen LogP contribution in [0.3, 0.4) is 0 Å². The average molecular weight is 229 g/mol. The van der Waals surface area contributed by atoms with Gasteiger partial charge in [0.25, 0.3) is 4.59 Å². The van der Waals surface area contributed by atoms with E-state index in [2.05, 4.69) is 6.92 Å². The molecule has 3 heteroatoms. The Bertz CT molecular complexity index is 110. The average Bonchev–Trinajstić information content (AvgIpc) is 2.01. The van der Waals surface area contributed by atoms with Crippen molar-refractivity contribution in [2.75, 3.05) is 0 Å². The van der Waals surface area contributed by atoms with E-state index in [9.17, 15) is 4.39 Å². The van der Waals surface area contributed by atoms with Crippen LogP contribution in [-0.2, 0) is 0 Å². The standard InChI is InChI=1S/C10H19Cl2F/c1-2-3-4-5-6-7-8-9-10(11,12)13/h2-9H2,1H3. The fourth-order valence-corrected chi connectivity index (χ4v) is 1.55. The van der Waals surface area contributed by atoms with Gasteiger partial charge in [-0.15, -0.1) is 0 Å². The highest BCUT2D eigenvalue weighted by atomic mass is 35.5. The van der Waals surface area contributed by atoms with E-state index in [-0.39, 0.29) is 6.42 Å². The monoisotopic (exact) mass is 228 g/mol. The SMILES string of the molecule is CCCCCCCCCC(F)(Cl)Cl. The van der Waals surface area contributed by atoms with Crippen LogP contribution in [0.25, 0.3) is 0 Å². The first-order valence-corrected chi connectivity index (χ1v) is 5.88. The van der Waals surface area contributed by atoms with E-state index < -0.39 is 4.59 Å². The third kappa shape index (κ3) is 12.5. The van der Waals surface area contributed by atoms with Crippen molar-refractivity contribution in [1.29, 1.82) is 0 Å². The number of unbranched alkanes of at least 4 members (excludes halogenated alkanes) is 6. The van der Waals surface area contributed by atoms with Crippen LogP contribution in [0.15, 0.2) is 0 Å². The van der Waals surface area contributed by atoms with Crippen molar-refractivity contribution in [3.63, 3.8) is 0 Å². The summed E-state index contributed by atoms with van der Waals surface area (Å²) in [6.07, 6.45) is 8.35. The maximum atomic E-state index is 12.5. The summed E-state index contributed by atoms with van der Waals surface area (Å²) in [6.45, 7) is 2.19. The van der Waals surface area contributed by atoms with Gasteiger partial charge in [0.05, 0.1) is 0 Å². The van der Waals surface area contributed by atoms with Crippen molar-refractivity contribution < 1.29 is 4.39 Å². The summed E-state index contributed by atoms with van der Waals surface area (Å²) in [4.78, 5) is 0. The summed E-state index contributed by atoms with van der Waals surface area (Å²) < 4.78 is 10.5. The molecule has 0 nitrogen and oxygen atoms in total. The molecule has 80 valence electrons. The first kappa shape index (κ1) is 13.5. The fraction of sp³-hybridized carbons (Fsp3) is 1.00. The molecule has 0 rings (SSSR count). The minimum absolute atomic E-state index is 0.254. The second kappa shape index (κ2) is 7.87. The summed E-state index contributed by atoms with van der Waals surface area (Å²) in [6, 6.07) is 0. The summed E-state index contributed by atoms with van der Waals surface area (Å²) >= 11 is 10.4. The summed E-state index contributed by atoms with van der Waals surface area (Å²) in [5, 5.41) is 0. The molecule has 0 aliphatic rings. The molecule has 0 radical (unpaired) electrons. The zero-order valence-corrected chi connectivity index (χ0v) is 9.80. The highest BCUT2D eigenvalue weighted by molar-refractivity contribution is 6.47. The van der Waals surface area contributed by atoms with Gasteiger partial charge in [-0.25, -0.2) is 4.39 Å². The maximum absolute atomic E-state index is 12.5. The summed E-state index contributed by atoms with van der Waals surface area (Å²) in [7, 11) is 0. The summed E-state index contributed by atoms with van der Waals surface area (Å²) in [5.41, 5.74) is 0. The van der Waals surface area contributed by atoms with Crippen LogP contribution in [0, 0.1) is 0 Å². The molecular weight excluding hydrogens is 210 g/mol. The lowest BCUT2D eigenvalue weighted by Gasteiger charge is -2.07. The first-order valence-electron chi connectivity index (χ1n) is 5.13. The van der Waals surface area contributed by atoms with Crippen LogP contribution in [-0.4, -0.2) is 4.59 Å². The van der Waals surface area contributed by atoms with Gasteiger partial charge < -0.3 is 0 Å². The van der Waals surface area contributed by atoms with Crippen molar-refractivity contribution in [3.05, 3.63) is 0 Å². The third-order valence-corrected chi connectivity index (χ3v) is 2.44. The molecule has 0 aromatic rings. The van der Waals surface area contributed by atoms with Gasteiger partial charge in [-0.2, -0.15) is 0 Å². The van der Waals surface area contributed by atoms with Gasteiger partial charge in [0, 0.05) is 6.42 Å². The highest BCUT2D eigenvalue weighted by Crippen LogP contribution is 2.29. The largest absolute Gasteiger partial charge is 0.257 e. The van der Waals surface area contributed by atoms with Crippen molar-refractivity contribution in [2.45, 2.75) is 62.9 Å². The van der Waals surface area contributed by atoms with Gasteiger partial charge in [0.15, 0.2) is 0 Å². The molecule has 13 heavy (non-hydrogen) atoms. The Balaban J connectivity index is 3.00. The summed E-state index contributed by atoms with van der Waals surface area (Å²) in [5.74, 6) is 0. The zero-order chi connectivity index (χ0) is 10.2. The Morgan fingerprint density at radius 3 is 1.85 bits per heavy atom. The third-order valence-electron chi connectivity index (χ3n) is 2.06. The second-order valence-electron chi connectivity index (χ2n) is 3.49. The van der Waals surface area contributed by atoms with Crippen LogP contribution in [0.5, 0.6) is 0 Å². The van der Waals surface area contributed by atoms with Crippen LogP contribution in [0.2, 0.25) is 0 Å². The van der Waals surface area contributed by atoms with Crippen LogP contribution in [0.1, 0.15) is 58.3 Å². The highest BCUT2D eigenvalue weighted by Gasteiger charge is 2.20. The van der Waals surface area contributed by atoms with E-state index >= 15 is 0 Å². The van der Waals surface area contributed by atoms with Crippen LogP contribution < -0.4 is 0 Å². The molecule has 0 heterocycles. The number of halogens is 3. The Hall–Kier alpha value is 0.510. The van der Waals surface area contributed by atoms with Gasteiger partial charge in [-0.05, 0) is 6.42 Å². The molecule has 0 N–H and O–H groups in total. The quantitative estimate of drug-likeness (QED) is 0.395. The lowest BCUT2D eigenvalue weighted by molar-refractivity contribution is 0.357. The van der Waals surface area contributed by atoms with Crippen molar-refractivity contribution in [1.82, 2.24) is 0 Å². The Morgan fingerprint density at radius 1 is 0.923 bits per heavy atom. The van der Waals surface area contributed by atoms with E-state index in [1.807, 2.05) is 0 Å². The topological polar surface area (TPSA) is 0 Å². The molecule has 0 atom stereocenters. The van der Waals surface area contributed by atoms with E-state index in [0.717, 1.165) is 12.8 Å². The van der Waals surface area contributed by atoms with Gasteiger partial charge in [-0.1, -0.05) is 68.7 Å². The van der Waals surface area contributed by atoms with Crippen molar-refractivity contribution in [2.24, 2.45) is 0 Å². The molecule has 0 amide bonds. The fourth-order valence-electron chi connectivity index (χ4n) is 1.28. The molecule has 0 saturated heterocycles. The molecule has 0 saturated carbocycles. The lowest BCUT2D eigenvalue weighted by Crippen LogP contribution is -2.02. The Labute approximate surface area is 90.8 Å². The van der Waals surface area contributed by atoms with E-state index in [0.29, 0.717) is 0 Å². The van der Waals surface area contributed by atoms with Gasteiger partial charge in [-0.3, -0.25) is 0 Å². The number of hydrogen-bond donors (Lipinski definition) is 0. The lowest BCUT2D eigenvalue weighted by atomic mass is 10.1. The van der Waals surface area contributed by atoms with Gasteiger partial charge >= 0.3 is 0 Å². The van der Waals surface area contributed by atoms with Crippen LogP contribution >= 0.6 is 23.2 Å². The minimum atomic E-state index is -2.01. The molecule has 0 aliphatic heterocycles. The van der Waals surface area contributed by atoms with Crippen LogP contribution in [0.4, 0.5) is 4.39 Å². The molecule has 0 unspecified atom stereocenters. The Morgan fingerprint density at radius 2 is 1.38 bits per heavy atom. The smallest absolute Gasteiger partial charge is 0.208 e. The van der Waals surface area contributed by atoms with E-state index in [1.54, 1.807) is 0 Å². The van der Waals surface area contributed by atoms with E-state index in [4.69, 9.17) is 23.2 Å². The predicted octanol–water partition coefficient (Wildman–Crippen LogP) is 5.23. The first-order chi connectivity index (χ1) is 6.06. The predicted molar refractivity (Wildman–Crippen MR) is 58.2 cm³/mol. The van der Waals surface area contributed by atoms with Crippen molar-refractivity contribution in [3.8, 4) is 0 Å². The zero-order valence-electron chi connectivity index (χ0n) is 8.29. The minimum Gasteiger partial charge on any atom is -0.208 e. The van der Waals surface area contributed by atoms with Gasteiger partial charge in [0.1, 0.15) is 0 Å². The molecule has 0 aromatic carbocycles. The second-order valence-corrected chi connectivity index (χ2v) is 4.88. The normalized spacial score (nSPS) is 12.0. The Kier molecular flexibility index (Phi) is 8.18. The van der Waals surface area contributed by atoms with Crippen molar-refractivity contribution >= 4 is 23.2 Å². The molecular formula is C10H19Cl2F. The molecule has 0 spiro atoms. The molecule has 0 aliphatic carbocycles. The molecule has 0 aromatic heterocycles. The van der Waals surface area contributed by atoms with E-state index in [1.165, 1.54) is 32.1 Å². The van der Waals surface area contributed by atoms with Gasteiger partial charge in [0.2, 0.25) is 0 Å². The maximum Gasteiger partial charge on any atom is 0.257 e. The molecule has 0 bridgehead atoms. The number of alkyl halides is 3. The molecule has 0 fully saturated rings. The number of rotatable bonds is 8.